The molecule has 0 spiro atoms. The Morgan fingerprint density at radius 2 is 2.15 bits per heavy atom. The van der Waals surface area contributed by atoms with Crippen molar-refractivity contribution in [2.45, 2.75) is 38.8 Å². The number of likely N-dealkylation sites (tertiary alicyclic amines) is 1. The first kappa shape index (κ1) is 11.0. The van der Waals surface area contributed by atoms with Crippen molar-refractivity contribution in [3.8, 4) is 0 Å². The van der Waals surface area contributed by atoms with Crippen LogP contribution in [0, 0.1) is 5.92 Å². The summed E-state index contributed by atoms with van der Waals surface area (Å²) in [7, 11) is 0. The molecule has 0 amide bonds. The molecule has 1 fully saturated rings. The zero-order valence-corrected chi connectivity index (χ0v) is 8.61. The average Bonchev–Trinajstić information content (AvgIpc) is 2.09. The Labute approximate surface area is 80.4 Å². The molecular weight excluding hydrogens is 166 g/mol. The molecule has 3 nitrogen and oxygen atoms in total. The molecule has 0 aliphatic carbocycles. The maximum atomic E-state index is 9.30. The van der Waals surface area contributed by atoms with Crippen molar-refractivity contribution in [2.24, 2.45) is 5.92 Å². The lowest BCUT2D eigenvalue weighted by atomic mass is 9.93. The minimum atomic E-state index is -0.573. The van der Waals surface area contributed by atoms with Gasteiger partial charge in [0.2, 0.25) is 0 Å². The lowest BCUT2D eigenvalue weighted by molar-refractivity contribution is 0.0294. The van der Waals surface area contributed by atoms with Crippen molar-refractivity contribution in [1.82, 2.24) is 4.90 Å². The molecule has 3 atom stereocenters. The molecule has 0 bridgehead atoms. The highest BCUT2D eigenvalue weighted by Crippen LogP contribution is 2.21. The summed E-state index contributed by atoms with van der Waals surface area (Å²) in [5.41, 5.74) is 0. The Morgan fingerprint density at radius 3 is 2.69 bits per heavy atom. The average molecular weight is 187 g/mol. The Bertz CT molecular complexity index is 152. The van der Waals surface area contributed by atoms with E-state index in [1.165, 1.54) is 12.8 Å². The number of aliphatic hydroxyl groups excluding tert-OH is 2. The lowest BCUT2D eigenvalue weighted by Crippen LogP contribution is -2.44. The molecule has 3 unspecified atom stereocenters. The summed E-state index contributed by atoms with van der Waals surface area (Å²) in [5, 5.41) is 18.0. The maximum Gasteiger partial charge on any atom is 0.0897 e. The predicted octanol–water partition coefficient (Wildman–Crippen LogP) is 0.460. The highest BCUT2D eigenvalue weighted by Gasteiger charge is 2.23. The van der Waals surface area contributed by atoms with Crippen LogP contribution in [0.4, 0.5) is 0 Å². The summed E-state index contributed by atoms with van der Waals surface area (Å²) in [6, 6.07) is 0.546. The molecule has 78 valence electrons. The van der Waals surface area contributed by atoms with Gasteiger partial charge in [0, 0.05) is 12.6 Å². The normalized spacial score (nSPS) is 33.2. The van der Waals surface area contributed by atoms with Gasteiger partial charge in [-0.15, -0.1) is 0 Å². The number of aliphatic hydroxyl groups is 2. The molecule has 1 saturated heterocycles. The monoisotopic (exact) mass is 187 g/mol. The van der Waals surface area contributed by atoms with Gasteiger partial charge in [-0.2, -0.15) is 0 Å². The number of nitrogens with zero attached hydrogens (tertiary/aromatic N) is 1. The quantitative estimate of drug-likeness (QED) is 0.674. The van der Waals surface area contributed by atoms with Gasteiger partial charge in [0.1, 0.15) is 0 Å². The third kappa shape index (κ3) is 3.25. The second-order valence-electron chi connectivity index (χ2n) is 4.31. The number of β-amino-alcohol motifs (C(OH)–C–C–N with tert-alkyl or cyclic N) is 1. The van der Waals surface area contributed by atoms with Gasteiger partial charge in [0.25, 0.3) is 0 Å². The van der Waals surface area contributed by atoms with Crippen LogP contribution in [-0.4, -0.2) is 47.0 Å². The fraction of sp³-hybridized carbons (Fsp3) is 1.00. The van der Waals surface area contributed by atoms with E-state index < -0.39 is 6.10 Å². The van der Waals surface area contributed by atoms with Crippen LogP contribution in [0.1, 0.15) is 26.7 Å². The molecule has 1 rings (SSSR count). The van der Waals surface area contributed by atoms with E-state index in [-0.39, 0.29) is 6.61 Å². The van der Waals surface area contributed by atoms with E-state index in [0.29, 0.717) is 12.6 Å². The minimum Gasteiger partial charge on any atom is -0.394 e. The third-order valence-corrected chi connectivity index (χ3v) is 2.93. The first-order valence-corrected chi connectivity index (χ1v) is 5.16. The highest BCUT2D eigenvalue weighted by atomic mass is 16.3. The SMILES string of the molecule is CC1CCN(CC(O)CO)C(C)C1. The van der Waals surface area contributed by atoms with Crippen LogP contribution in [0.25, 0.3) is 0 Å². The summed E-state index contributed by atoms with van der Waals surface area (Å²) in [5.74, 6) is 0.803. The molecule has 0 aromatic carbocycles. The molecule has 0 aromatic heterocycles. The largest absolute Gasteiger partial charge is 0.394 e. The topological polar surface area (TPSA) is 43.7 Å². The first-order valence-electron chi connectivity index (χ1n) is 5.16. The van der Waals surface area contributed by atoms with Gasteiger partial charge in [-0.3, -0.25) is 4.90 Å². The van der Waals surface area contributed by atoms with Crippen LogP contribution in [-0.2, 0) is 0 Å². The van der Waals surface area contributed by atoms with Crippen LogP contribution in [0.15, 0.2) is 0 Å². The van der Waals surface area contributed by atoms with Crippen LogP contribution in [0.5, 0.6) is 0 Å². The standard InChI is InChI=1S/C10H21NO2/c1-8-3-4-11(9(2)5-8)6-10(13)7-12/h8-10,12-13H,3-7H2,1-2H3. The highest BCUT2D eigenvalue weighted by molar-refractivity contribution is 4.78. The van der Waals surface area contributed by atoms with Crippen molar-refractivity contribution in [2.75, 3.05) is 19.7 Å². The van der Waals surface area contributed by atoms with Crippen molar-refractivity contribution < 1.29 is 10.2 Å². The van der Waals surface area contributed by atoms with E-state index in [0.717, 1.165) is 12.5 Å². The summed E-state index contributed by atoms with van der Waals surface area (Å²) >= 11 is 0. The molecule has 0 saturated carbocycles. The molecule has 1 aliphatic heterocycles. The van der Waals surface area contributed by atoms with Crippen molar-refractivity contribution >= 4 is 0 Å². The summed E-state index contributed by atoms with van der Waals surface area (Å²) in [6.45, 7) is 6.01. The fourth-order valence-electron chi connectivity index (χ4n) is 2.06. The summed E-state index contributed by atoms with van der Waals surface area (Å²) in [6.07, 6.45) is 1.84. The third-order valence-electron chi connectivity index (χ3n) is 2.93. The lowest BCUT2D eigenvalue weighted by Gasteiger charge is -2.37. The van der Waals surface area contributed by atoms with Crippen LogP contribution < -0.4 is 0 Å². The molecule has 2 N–H and O–H groups in total. The molecule has 3 heteroatoms. The van der Waals surface area contributed by atoms with Gasteiger partial charge in [-0.05, 0) is 32.2 Å². The molecule has 1 heterocycles. The molecule has 13 heavy (non-hydrogen) atoms. The Kier molecular flexibility index (Phi) is 4.16. The van der Waals surface area contributed by atoms with E-state index in [4.69, 9.17) is 5.11 Å². The Hall–Kier alpha value is -0.120. The maximum absolute atomic E-state index is 9.30. The van der Waals surface area contributed by atoms with Crippen LogP contribution >= 0.6 is 0 Å². The molecule has 0 radical (unpaired) electrons. The van der Waals surface area contributed by atoms with Crippen LogP contribution in [0.2, 0.25) is 0 Å². The summed E-state index contributed by atoms with van der Waals surface area (Å²) < 4.78 is 0. The van der Waals surface area contributed by atoms with E-state index in [2.05, 4.69) is 18.7 Å². The molecular formula is C10H21NO2. The van der Waals surface area contributed by atoms with Gasteiger partial charge >= 0.3 is 0 Å². The summed E-state index contributed by atoms with van der Waals surface area (Å²) in [4.78, 5) is 2.26. The van der Waals surface area contributed by atoms with E-state index in [9.17, 15) is 5.11 Å². The van der Waals surface area contributed by atoms with Gasteiger partial charge in [0.05, 0.1) is 12.7 Å². The van der Waals surface area contributed by atoms with Crippen molar-refractivity contribution in [1.29, 1.82) is 0 Å². The smallest absolute Gasteiger partial charge is 0.0897 e. The van der Waals surface area contributed by atoms with E-state index in [1.807, 2.05) is 0 Å². The molecule has 0 aromatic rings. The van der Waals surface area contributed by atoms with E-state index >= 15 is 0 Å². The van der Waals surface area contributed by atoms with E-state index in [1.54, 1.807) is 0 Å². The van der Waals surface area contributed by atoms with Crippen molar-refractivity contribution in [3.63, 3.8) is 0 Å². The zero-order valence-electron chi connectivity index (χ0n) is 8.61. The number of hydrogen-bond donors (Lipinski definition) is 2. The fourth-order valence-corrected chi connectivity index (χ4v) is 2.06. The first-order chi connectivity index (χ1) is 6.13. The second kappa shape index (κ2) is 4.94. The van der Waals surface area contributed by atoms with Crippen LogP contribution in [0.3, 0.4) is 0 Å². The minimum absolute atomic E-state index is 0.126. The van der Waals surface area contributed by atoms with Gasteiger partial charge in [-0.25, -0.2) is 0 Å². The Morgan fingerprint density at radius 1 is 1.46 bits per heavy atom. The number of piperidine rings is 1. The van der Waals surface area contributed by atoms with Crippen molar-refractivity contribution in [3.05, 3.63) is 0 Å². The van der Waals surface area contributed by atoms with Gasteiger partial charge in [-0.1, -0.05) is 6.92 Å². The number of hydrogen-bond acceptors (Lipinski definition) is 3. The molecule has 1 aliphatic rings. The van der Waals surface area contributed by atoms with Gasteiger partial charge < -0.3 is 10.2 Å². The predicted molar refractivity (Wildman–Crippen MR) is 52.5 cm³/mol. The second-order valence-corrected chi connectivity index (χ2v) is 4.31. The van der Waals surface area contributed by atoms with Gasteiger partial charge in [0.15, 0.2) is 0 Å². The zero-order chi connectivity index (χ0) is 9.84. The Balaban J connectivity index is 2.33. The number of rotatable bonds is 3.